The molecular weight excluding hydrogens is 566 g/mol. The van der Waals surface area contributed by atoms with Crippen molar-refractivity contribution in [3.05, 3.63) is 156 Å². The van der Waals surface area contributed by atoms with Crippen molar-refractivity contribution < 1.29 is 8.78 Å². The lowest BCUT2D eigenvalue weighted by Crippen LogP contribution is -2.05. The van der Waals surface area contributed by atoms with Crippen LogP contribution in [-0.2, 0) is 32.5 Å². The molecule has 0 bridgehead atoms. The van der Waals surface area contributed by atoms with E-state index in [9.17, 15) is 14.0 Å². The number of aryl methyl sites for hydroxylation is 4. The van der Waals surface area contributed by atoms with Crippen molar-refractivity contribution in [3.8, 4) is 28.6 Å². The van der Waals surface area contributed by atoms with Crippen LogP contribution < -0.4 is 5.73 Å². The van der Waals surface area contributed by atoms with Gasteiger partial charge in [-0.2, -0.15) is 5.26 Å². The van der Waals surface area contributed by atoms with E-state index in [2.05, 4.69) is 26.7 Å². The third kappa shape index (κ3) is 8.37. The van der Waals surface area contributed by atoms with Gasteiger partial charge in [0.1, 0.15) is 11.6 Å². The Morgan fingerprint density at radius 1 is 0.644 bits per heavy atom. The van der Waals surface area contributed by atoms with Crippen LogP contribution in [0, 0.1) is 23.0 Å². The van der Waals surface area contributed by atoms with Gasteiger partial charge in [-0.15, -0.1) is 0 Å². The maximum Gasteiger partial charge on any atom is 0.123 e. The molecule has 6 rings (SSSR count). The molecule has 0 fully saturated rings. The summed E-state index contributed by atoms with van der Waals surface area (Å²) in [7, 11) is 0. The van der Waals surface area contributed by atoms with E-state index in [1.807, 2.05) is 65.6 Å². The molecule has 0 saturated heterocycles. The molecule has 0 saturated carbocycles. The quantitative estimate of drug-likeness (QED) is 0.183. The molecule has 45 heavy (non-hydrogen) atoms. The second kappa shape index (κ2) is 15.9. The fourth-order valence-corrected chi connectivity index (χ4v) is 5.00. The summed E-state index contributed by atoms with van der Waals surface area (Å²) in [5, 5.41) is 9.23. The molecule has 2 N–H and O–H groups in total. The molecule has 6 aromatic rings. The van der Waals surface area contributed by atoms with E-state index in [4.69, 9.17) is 5.73 Å². The molecule has 0 amide bonds. The standard InChI is InChI=1S/C18H18FN3.C18H14FN3.CH4/c2*19-16-7-5-14(6-8-16)9-10-22-13-21-12-18(22)17-4-2-1-3-15(17)11-20;/h1-8,12-13H,9-11,20H2;1-8,12-13H,9-10H2;1H4. The van der Waals surface area contributed by atoms with Gasteiger partial charge in [-0.05, 0) is 59.9 Å². The lowest BCUT2D eigenvalue weighted by atomic mass is 10.0. The van der Waals surface area contributed by atoms with E-state index in [0.717, 1.165) is 65.1 Å². The summed E-state index contributed by atoms with van der Waals surface area (Å²) in [6.07, 6.45) is 8.81. The monoisotopic (exact) mass is 602 g/mol. The predicted molar refractivity (Wildman–Crippen MR) is 175 cm³/mol. The fraction of sp³-hybridized carbons (Fsp3) is 0.162. The van der Waals surface area contributed by atoms with E-state index in [1.54, 1.807) is 30.7 Å². The average Bonchev–Trinajstić information content (AvgIpc) is 3.74. The van der Waals surface area contributed by atoms with Crippen molar-refractivity contribution in [2.75, 3.05) is 0 Å². The first kappa shape index (κ1) is 32.5. The van der Waals surface area contributed by atoms with Gasteiger partial charge < -0.3 is 14.9 Å². The zero-order chi connectivity index (χ0) is 30.7. The molecule has 0 aliphatic rings. The minimum Gasteiger partial charge on any atom is -0.330 e. The van der Waals surface area contributed by atoms with Crippen LogP contribution in [0.1, 0.15) is 29.7 Å². The zero-order valence-corrected chi connectivity index (χ0v) is 24.2. The lowest BCUT2D eigenvalue weighted by Gasteiger charge is -2.11. The number of nitriles is 1. The third-order valence-corrected chi connectivity index (χ3v) is 7.37. The first-order valence-electron chi connectivity index (χ1n) is 14.3. The Kier molecular flexibility index (Phi) is 11.5. The Hall–Kier alpha value is -5.39. The van der Waals surface area contributed by atoms with Crippen LogP contribution >= 0.6 is 0 Å². The molecule has 0 atom stereocenters. The van der Waals surface area contributed by atoms with Crippen molar-refractivity contribution >= 4 is 0 Å². The molecule has 0 unspecified atom stereocenters. The summed E-state index contributed by atoms with van der Waals surface area (Å²) in [5.74, 6) is -0.432. The second-order valence-electron chi connectivity index (χ2n) is 10.2. The molecule has 0 aliphatic heterocycles. The highest BCUT2D eigenvalue weighted by atomic mass is 19.1. The van der Waals surface area contributed by atoms with Crippen LogP contribution in [0.2, 0.25) is 0 Å². The maximum absolute atomic E-state index is 12.9. The van der Waals surface area contributed by atoms with Gasteiger partial charge in [0.05, 0.1) is 48.1 Å². The van der Waals surface area contributed by atoms with Crippen LogP contribution in [0.4, 0.5) is 8.78 Å². The second-order valence-corrected chi connectivity index (χ2v) is 10.2. The lowest BCUT2D eigenvalue weighted by molar-refractivity contribution is 0.625. The molecule has 2 aromatic heterocycles. The van der Waals surface area contributed by atoms with Gasteiger partial charge in [0.2, 0.25) is 0 Å². The minimum atomic E-state index is -0.227. The van der Waals surface area contributed by atoms with Crippen molar-refractivity contribution in [1.29, 1.82) is 5.26 Å². The number of hydrogen-bond acceptors (Lipinski definition) is 4. The summed E-state index contributed by atoms with van der Waals surface area (Å²) < 4.78 is 30.0. The number of rotatable bonds is 9. The first-order valence-corrected chi connectivity index (χ1v) is 14.3. The van der Waals surface area contributed by atoms with Gasteiger partial charge in [0.25, 0.3) is 0 Å². The fourth-order valence-electron chi connectivity index (χ4n) is 5.00. The highest BCUT2D eigenvalue weighted by molar-refractivity contribution is 5.67. The van der Waals surface area contributed by atoms with Gasteiger partial charge in [-0.25, -0.2) is 18.7 Å². The van der Waals surface area contributed by atoms with Gasteiger partial charge >= 0.3 is 0 Å². The number of nitrogens with zero attached hydrogens (tertiary/aromatic N) is 5. The Morgan fingerprint density at radius 2 is 1.11 bits per heavy atom. The summed E-state index contributed by atoms with van der Waals surface area (Å²) >= 11 is 0. The molecule has 0 spiro atoms. The van der Waals surface area contributed by atoms with Gasteiger partial charge in [0, 0.05) is 30.8 Å². The zero-order valence-electron chi connectivity index (χ0n) is 24.2. The van der Waals surface area contributed by atoms with E-state index < -0.39 is 0 Å². The van der Waals surface area contributed by atoms with Gasteiger partial charge in [-0.3, -0.25) is 0 Å². The van der Waals surface area contributed by atoms with Crippen LogP contribution in [0.25, 0.3) is 22.5 Å². The van der Waals surface area contributed by atoms with E-state index >= 15 is 0 Å². The number of nitrogens with two attached hydrogens (primary N) is 1. The highest BCUT2D eigenvalue weighted by Gasteiger charge is 2.10. The number of aromatic nitrogens is 4. The normalized spacial score (nSPS) is 10.4. The molecule has 4 aromatic carbocycles. The summed E-state index contributed by atoms with van der Waals surface area (Å²) in [4.78, 5) is 8.46. The largest absolute Gasteiger partial charge is 0.330 e. The Labute approximate surface area is 263 Å². The smallest absolute Gasteiger partial charge is 0.123 e. The number of benzene rings is 4. The predicted octanol–water partition coefficient (Wildman–Crippen LogP) is 7.83. The molecule has 0 aliphatic carbocycles. The molecule has 8 heteroatoms. The van der Waals surface area contributed by atoms with Crippen molar-refractivity contribution in [3.63, 3.8) is 0 Å². The third-order valence-electron chi connectivity index (χ3n) is 7.37. The van der Waals surface area contributed by atoms with Crippen LogP contribution in [0.15, 0.2) is 122 Å². The molecule has 228 valence electrons. The minimum absolute atomic E-state index is 0. The number of imidazole rings is 2. The Balaban J connectivity index is 0.000000200. The van der Waals surface area contributed by atoms with Gasteiger partial charge in [-0.1, -0.05) is 74.2 Å². The van der Waals surface area contributed by atoms with Crippen LogP contribution in [0.3, 0.4) is 0 Å². The number of halogens is 2. The van der Waals surface area contributed by atoms with Crippen molar-refractivity contribution in [1.82, 2.24) is 19.1 Å². The van der Waals surface area contributed by atoms with Crippen LogP contribution in [-0.4, -0.2) is 19.1 Å². The SMILES string of the molecule is C.N#Cc1ccccc1-c1cncn1CCc1ccc(F)cc1.NCc1ccccc1-c1cncn1CCc1ccc(F)cc1. The Bertz CT molecular complexity index is 1830. The first-order chi connectivity index (χ1) is 21.6. The van der Waals surface area contributed by atoms with E-state index in [-0.39, 0.29) is 19.1 Å². The topological polar surface area (TPSA) is 85.4 Å². The summed E-state index contributed by atoms with van der Waals surface area (Å²) in [6, 6.07) is 30.9. The van der Waals surface area contributed by atoms with Crippen LogP contribution in [0.5, 0.6) is 0 Å². The summed E-state index contributed by atoms with van der Waals surface area (Å²) in [5.41, 5.74) is 13.7. The molecular formula is C37H36F2N6. The number of hydrogen-bond donors (Lipinski definition) is 1. The van der Waals surface area contributed by atoms with E-state index in [1.165, 1.54) is 24.3 Å². The Morgan fingerprint density at radius 3 is 1.62 bits per heavy atom. The highest BCUT2D eigenvalue weighted by Crippen LogP contribution is 2.24. The van der Waals surface area contributed by atoms with E-state index in [0.29, 0.717) is 12.1 Å². The van der Waals surface area contributed by atoms with Crippen molar-refractivity contribution in [2.24, 2.45) is 5.73 Å². The van der Waals surface area contributed by atoms with Crippen molar-refractivity contribution in [2.45, 2.75) is 39.9 Å². The molecule has 2 heterocycles. The average molecular weight is 603 g/mol. The maximum atomic E-state index is 12.9. The van der Waals surface area contributed by atoms with Gasteiger partial charge in [0.15, 0.2) is 0 Å². The molecule has 0 radical (unpaired) electrons. The molecule has 6 nitrogen and oxygen atoms in total. The summed E-state index contributed by atoms with van der Waals surface area (Å²) in [6.45, 7) is 2.01.